The van der Waals surface area contributed by atoms with E-state index in [1.807, 2.05) is 24.3 Å². The summed E-state index contributed by atoms with van der Waals surface area (Å²) >= 11 is 1.03. The second-order valence-corrected chi connectivity index (χ2v) is 8.49. The van der Waals surface area contributed by atoms with Gasteiger partial charge in [-0.25, -0.2) is 18.7 Å². The summed E-state index contributed by atoms with van der Waals surface area (Å²) in [6.45, 7) is 0.614. The quantitative estimate of drug-likeness (QED) is 0.235. The number of aromatic nitrogens is 6. The molecule has 1 aromatic carbocycles. The fraction of sp³-hybridized carbons (Fsp3) is 0.227. The Morgan fingerprint density at radius 1 is 1.09 bits per heavy atom. The van der Waals surface area contributed by atoms with E-state index in [1.54, 1.807) is 0 Å². The van der Waals surface area contributed by atoms with Crippen molar-refractivity contribution in [2.45, 2.75) is 19.1 Å². The van der Waals surface area contributed by atoms with Crippen LogP contribution >= 0.6 is 11.3 Å². The lowest BCUT2D eigenvalue weighted by Crippen LogP contribution is -2.22. The standard InChI is InChI=1S/C22H20F2N8OS/c23-12-4-3-8-26-16(12)11-27-19-18-21(32-22(33)31-19)34-20(30-18)13(24)10-25-9-7-17-28-14-5-1-2-6-15(14)29-17/h1-6,8,13,25H,7,9-11H2,(H,28,29)(H2,27,31,32,33)/t13-/m1/s1. The molecule has 5 rings (SSSR count). The van der Waals surface area contributed by atoms with Gasteiger partial charge < -0.3 is 20.7 Å². The third-order valence-electron chi connectivity index (χ3n) is 5.09. The summed E-state index contributed by atoms with van der Waals surface area (Å²) in [5, 5.41) is 16.0. The second-order valence-electron chi connectivity index (χ2n) is 7.49. The molecule has 0 aliphatic heterocycles. The molecule has 0 amide bonds. The molecule has 0 aliphatic rings. The lowest BCUT2D eigenvalue weighted by Gasteiger charge is -2.07. The van der Waals surface area contributed by atoms with Gasteiger partial charge in [0.1, 0.15) is 22.2 Å². The van der Waals surface area contributed by atoms with Gasteiger partial charge in [-0.2, -0.15) is 9.97 Å². The number of nitrogens with zero attached hydrogens (tertiary/aromatic N) is 5. The molecule has 4 aromatic heterocycles. The Labute approximate surface area is 196 Å². The van der Waals surface area contributed by atoms with Crippen molar-refractivity contribution in [2.75, 3.05) is 18.4 Å². The molecule has 5 aromatic rings. The summed E-state index contributed by atoms with van der Waals surface area (Å²) in [5.41, 5.74) is 2.35. The van der Waals surface area contributed by atoms with Crippen molar-refractivity contribution in [1.82, 2.24) is 35.2 Å². The largest absolute Gasteiger partial charge is 0.479 e. The predicted molar refractivity (Wildman–Crippen MR) is 125 cm³/mol. The third-order valence-corrected chi connectivity index (χ3v) is 6.12. The van der Waals surface area contributed by atoms with Gasteiger partial charge in [0.25, 0.3) is 0 Å². The first-order chi connectivity index (χ1) is 16.6. The first kappa shape index (κ1) is 22.0. The van der Waals surface area contributed by atoms with E-state index in [-0.39, 0.29) is 29.6 Å². The van der Waals surface area contributed by atoms with Crippen molar-refractivity contribution in [2.24, 2.45) is 0 Å². The SMILES string of the molecule is Oc1nc(NCc2ncccc2F)c2nc([C@H](F)CNCCc3nc4ccccc4[nH]3)sc2n1. The number of aromatic hydroxyl groups is 1. The molecule has 34 heavy (non-hydrogen) atoms. The highest BCUT2D eigenvalue weighted by molar-refractivity contribution is 7.18. The summed E-state index contributed by atoms with van der Waals surface area (Å²) in [6, 6.07) is 10.1. The number of alkyl halides is 1. The van der Waals surface area contributed by atoms with Gasteiger partial charge in [0, 0.05) is 25.7 Å². The van der Waals surface area contributed by atoms with Crippen LogP contribution in [0.5, 0.6) is 6.01 Å². The molecule has 0 unspecified atom stereocenters. The van der Waals surface area contributed by atoms with Crippen LogP contribution in [0, 0.1) is 5.82 Å². The van der Waals surface area contributed by atoms with Crippen LogP contribution in [-0.2, 0) is 13.0 Å². The molecule has 0 fully saturated rings. The van der Waals surface area contributed by atoms with Gasteiger partial charge in [-0.05, 0) is 24.3 Å². The highest BCUT2D eigenvalue weighted by Crippen LogP contribution is 2.31. The number of H-pyrrole nitrogens is 1. The van der Waals surface area contributed by atoms with Crippen LogP contribution in [0.4, 0.5) is 14.6 Å². The summed E-state index contributed by atoms with van der Waals surface area (Å²) < 4.78 is 28.7. The number of thiazole rings is 1. The van der Waals surface area contributed by atoms with E-state index in [2.05, 4.69) is 40.5 Å². The Morgan fingerprint density at radius 2 is 1.97 bits per heavy atom. The molecule has 0 saturated carbocycles. The highest BCUT2D eigenvalue weighted by Gasteiger charge is 2.19. The van der Waals surface area contributed by atoms with Gasteiger partial charge in [-0.1, -0.05) is 23.5 Å². The van der Waals surface area contributed by atoms with Crippen LogP contribution < -0.4 is 10.6 Å². The molecule has 9 nitrogen and oxygen atoms in total. The van der Waals surface area contributed by atoms with Gasteiger partial charge >= 0.3 is 6.01 Å². The number of rotatable bonds is 9. The molecule has 4 heterocycles. The maximum absolute atomic E-state index is 14.9. The minimum atomic E-state index is -1.38. The Hall–Kier alpha value is -3.77. The van der Waals surface area contributed by atoms with Crippen LogP contribution in [0.1, 0.15) is 22.7 Å². The van der Waals surface area contributed by atoms with Gasteiger partial charge in [-0.15, -0.1) is 0 Å². The number of benzene rings is 1. The molecule has 0 spiro atoms. The van der Waals surface area contributed by atoms with E-state index < -0.39 is 18.0 Å². The van der Waals surface area contributed by atoms with E-state index in [0.29, 0.717) is 23.3 Å². The van der Waals surface area contributed by atoms with Crippen molar-refractivity contribution >= 4 is 38.5 Å². The van der Waals surface area contributed by atoms with Gasteiger partial charge in [-0.3, -0.25) is 4.98 Å². The number of nitrogens with one attached hydrogen (secondary N) is 3. The van der Waals surface area contributed by atoms with Crippen molar-refractivity contribution < 1.29 is 13.9 Å². The molecule has 174 valence electrons. The number of pyridine rings is 1. The Morgan fingerprint density at radius 3 is 2.82 bits per heavy atom. The first-order valence-electron chi connectivity index (χ1n) is 10.6. The zero-order valence-corrected chi connectivity index (χ0v) is 18.6. The smallest absolute Gasteiger partial charge is 0.317 e. The first-order valence-corrected chi connectivity index (χ1v) is 11.4. The summed E-state index contributed by atoms with van der Waals surface area (Å²) in [4.78, 5) is 24.2. The number of fused-ring (bicyclic) bond motifs is 2. The normalized spacial score (nSPS) is 12.4. The van der Waals surface area contributed by atoms with Crippen molar-refractivity contribution in [3.63, 3.8) is 0 Å². The Bertz CT molecular complexity index is 1410. The number of para-hydroxylation sites is 2. The van der Waals surface area contributed by atoms with Gasteiger partial charge in [0.15, 0.2) is 16.8 Å². The topological polar surface area (TPSA) is 125 Å². The minimum Gasteiger partial charge on any atom is -0.479 e. The average molecular weight is 483 g/mol. The van der Waals surface area contributed by atoms with Gasteiger partial charge in [0.05, 0.1) is 23.3 Å². The van der Waals surface area contributed by atoms with Crippen LogP contribution in [0.3, 0.4) is 0 Å². The van der Waals surface area contributed by atoms with E-state index in [1.165, 1.54) is 18.3 Å². The summed E-state index contributed by atoms with van der Waals surface area (Å²) in [7, 11) is 0. The highest BCUT2D eigenvalue weighted by atomic mass is 32.1. The predicted octanol–water partition coefficient (Wildman–Crippen LogP) is 3.66. The van der Waals surface area contributed by atoms with Crippen LogP contribution in [0.15, 0.2) is 42.6 Å². The molecule has 0 bridgehead atoms. The monoisotopic (exact) mass is 482 g/mol. The molecular formula is C22H20F2N8OS. The fourth-order valence-corrected chi connectivity index (χ4v) is 4.36. The number of hydrogen-bond acceptors (Lipinski definition) is 9. The van der Waals surface area contributed by atoms with E-state index in [9.17, 15) is 13.9 Å². The molecule has 0 saturated heterocycles. The van der Waals surface area contributed by atoms with E-state index >= 15 is 0 Å². The van der Waals surface area contributed by atoms with Crippen LogP contribution in [0.25, 0.3) is 21.4 Å². The number of halogens is 2. The zero-order valence-electron chi connectivity index (χ0n) is 17.8. The number of imidazole rings is 1. The Balaban J connectivity index is 1.22. The van der Waals surface area contributed by atoms with E-state index in [0.717, 1.165) is 28.2 Å². The minimum absolute atomic E-state index is 0.0213. The molecule has 1 atom stereocenters. The maximum Gasteiger partial charge on any atom is 0.317 e. The number of aromatic amines is 1. The molecule has 0 aliphatic carbocycles. The fourth-order valence-electron chi connectivity index (χ4n) is 3.45. The Kier molecular flexibility index (Phi) is 6.23. The number of hydrogen-bond donors (Lipinski definition) is 4. The van der Waals surface area contributed by atoms with Gasteiger partial charge in [0.2, 0.25) is 0 Å². The summed E-state index contributed by atoms with van der Waals surface area (Å²) in [6.07, 6.45) is 0.722. The summed E-state index contributed by atoms with van der Waals surface area (Å²) in [5.74, 6) is 0.538. The molecule has 12 heteroatoms. The molecular weight excluding hydrogens is 462 g/mol. The lowest BCUT2D eigenvalue weighted by molar-refractivity contribution is 0.328. The van der Waals surface area contributed by atoms with Crippen molar-refractivity contribution in [1.29, 1.82) is 0 Å². The lowest BCUT2D eigenvalue weighted by atomic mass is 10.3. The molecule has 4 N–H and O–H groups in total. The van der Waals surface area contributed by atoms with Crippen molar-refractivity contribution in [3.05, 3.63) is 64.9 Å². The van der Waals surface area contributed by atoms with E-state index in [4.69, 9.17) is 0 Å². The maximum atomic E-state index is 14.9. The second kappa shape index (κ2) is 9.61. The average Bonchev–Trinajstić information content (AvgIpc) is 3.45. The van der Waals surface area contributed by atoms with Crippen LogP contribution in [-0.4, -0.2) is 48.1 Å². The van der Waals surface area contributed by atoms with Crippen molar-refractivity contribution in [3.8, 4) is 6.01 Å². The molecule has 0 radical (unpaired) electrons. The number of anilines is 1. The van der Waals surface area contributed by atoms with Crippen LogP contribution in [0.2, 0.25) is 0 Å². The third kappa shape index (κ3) is 4.77. The zero-order chi connectivity index (χ0) is 23.5.